The third kappa shape index (κ3) is 2.15. The lowest BCUT2D eigenvalue weighted by Gasteiger charge is -2.36. The molecular weight excluding hydrogens is 138 g/mol. The number of likely N-dealkylation sites (tertiary alicyclic amines) is 1. The van der Waals surface area contributed by atoms with Gasteiger partial charge in [-0.3, -0.25) is 11.3 Å². The Morgan fingerprint density at radius 3 is 2.82 bits per heavy atom. The van der Waals surface area contributed by atoms with E-state index in [-0.39, 0.29) is 0 Å². The summed E-state index contributed by atoms with van der Waals surface area (Å²) >= 11 is 0. The van der Waals surface area contributed by atoms with E-state index in [1.165, 1.54) is 25.9 Å². The zero-order chi connectivity index (χ0) is 8.27. The van der Waals surface area contributed by atoms with Crippen LogP contribution in [0.5, 0.6) is 0 Å². The molecule has 0 bridgehead atoms. The second-order valence-corrected chi connectivity index (χ2v) is 3.37. The Kier molecular flexibility index (Phi) is 3.30. The number of piperidine rings is 1. The van der Waals surface area contributed by atoms with E-state index in [4.69, 9.17) is 5.84 Å². The third-order valence-electron chi connectivity index (χ3n) is 2.66. The van der Waals surface area contributed by atoms with Crippen LogP contribution in [-0.4, -0.2) is 30.1 Å². The fourth-order valence-corrected chi connectivity index (χ4v) is 1.84. The summed E-state index contributed by atoms with van der Waals surface area (Å²) in [6, 6.07) is 1.22. The lowest BCUT2D eigenvalue weighted by atomic mass is 9.99. The molecule has 0 aromatic rings. The second-order valence-electron chi connectivity index (χ2n) is 3.37. The number of nitrogens with two attached hydrogens (primary N) is 1. The van der Waals surface area contributed by atoms with Crippen LogP contribution in [0.25, 0.3) is 0 Å². The number of hydrogen-bond donors (Lipinski definition) is 2. The molecule has 0 radical (unpaired) electrons. The molecule has 1 aliphatic heterocycles. The Morgan fingerprint density at radius 1 is 1.64 bits per heavy atom. The summed E-state index contributed by atoms with van der Waals surface area (Å²) < 4.78 is 0. The van der Waals surface area contributed by atoms with Crippen LogP contribution in [0.3, 0.4) is 0 Å². The van der Waals surface area contributed by atoms with Crippen molar-refractivity contribution < 1.29 is 0 Å². The molecule has 0 saturated carbocycles. The van der Waals surface area contributed by atoms with Gasteiger partial charge in [-0.1, -0.05) is 6.92 Å². The molecule has 11 heavy (non-hydrogen) atoms. The monoisotopic (exact) mass is 157 g/mol. The quantitative estimate of drug-likeness (QED) is 0.448. The predicted molar refractivity (Wildman–Crippen MR) is 47.1 cm³/mol. The maximum absolute atomic E-state index is 5.38. The molecule has 3 nitrogen and oxygen atoms in total. The number of hydrazine groups is 1. The van der Waals surface area contributed by atoms with E-state index in [9.17, 15) is 0 Å². The Balaban J connectivity index is 2.34. The van der Waals surface area contributed by atoms with Gasteiger partial charge in [-0.15, -0.1) is 0 Å². The lowest BCUT2D eigenvalue weighted by molar-refractivity contribution is 0.143. The van der Waals surface area contributed by atoms with E-state index in [1.807, 2.05) is 0 Å². The highest BCUT2D eigenvalue weighted by molar-refractivity contribution is 4.80. The Bertz CT molecular complexity index is 116. The van der Waals surface area contributed by atoms with Crippen LogP contribution in [0.15, 0.2) is 0 Å². The molecule has 0 spiro atoms. The standard InChI is InChI=1S/C8H19N3/c1-3-11-5-4-8(10-9)6-7(11)2/h7-8,10H,3-6,9H2,1-2H3. The molecule has 1 saturated heterocycles. The largest absolute Gasteiger partial charge is 0.301 e. The van der Waals surface area contributed by atoms with Crippen LogP contribution in [-0.2, 0) is 0 Å². The Labute approximate surface area is 68.9 Å². The molecule has 0 aromatic carbocycles. The van der Waals surface area contributed by atoms with Gasteiger partial charge in [0, 0.05) is 12.1 Å². The minimum Gasteiger partial charge on any atom is -0.301 e. The predicted octanol–water partition coefficient (Wildman–Crippen LogP) is 0.323. The summed E-state index contributed by atoms with van der Waals surface area (Å²) in [5.74, 6) is 5.38. The van der Waals surface area contributed by atoms with Crippen molar-refractivity contribution in [2.75, 3.05) is 13.1 Å². The van der Waals surface area contributed by atoms with Gasteiger partial charge < -0.3 is 4.90 Å². The summed E-state index contributed by atoms with van der Waals surface area (Å²) in [6.07, 6.45) is 2.37. The molecule has 1 fully saturated rings. The average Bonchev–Trinajstić information content (AvgIpc) is 2.04. The van der Waals surface area contributed by atoms with Crippen LogP contribution in [0.2, 0.25) is 0 Å². The summed E-state index contributed by atoms with van der Waals surface area (Å²) in [6.45, 7) is 6.84. The first-order valence-corrected chi connectivity index (χ1v) is 4.48. The highest BCUT2D eigenvalue weighted by atomic mass is 15.3. The molecule has 0 aromatic heterocycles. The van der Waals surface area contributed by atoms with Crippen LogP contribution < -0.4 is 11.3 Å². The van der Waals surface area contributed by atoms with Gasteiger partial charge in [-0.2, -0.15) is 0 Å². The zero-order valence-electron chi connectivity index (χ0n) is 7.51. The molecule has 1 aliphatic rings. The van der Waals surface area contributed by atoms with E-state index >= 15 is 0 Å². The van der Waals surface area contributed by atoms with E-state index in [0.29, 0.717) is 12.1 Å². The lowest BCUT2D eigenvalue weighted by Crippen LogP contribution is -2.49. The summed E-state index contributed by atoms with van der Waals surface area (Å²) in [4.78, 5) is 2.49. The molecule has 0 aliphatic carbocycles. The first-order valence-electron chi connectivity index (χ1n) is 4.48. The van der Waals surface area contributed by atoms with Crippen molar-refractivity contribution in [1.29, 1.82) is 0 Å². The smallest absolute Gasteiger partial charge is 0.0237 e. The highest BCUT2D eigenvalue weighted by Gasteiger charge is 2.22. The molecule has 1 rings (SSSR count). The van der Waals surface area contributed by atoms with Crippen molar-refractivity contribution in [2.24, 2.45) is 5.84 Å². The topological polar surface area (TPSA) is 41.3 Å². The summed E-state index contributed by atoms with van der Waals surface area (Å²) in [5, 5.41) is 0. The summed E-state index contributed by atoms with van der Waals surface area (Å²) in [7, 11) is 0. The minimum atomic E-state index is 0.535. The molecular formula is C8H19N3. The van der Waals surface area contributed by atoms with Crippen molar-refractivity contribution in [3.05, 3.63) is 0 Å². The minimum absolute atomic E-state index is 0.535. The Hall–Kier alpha value is -0.120. The van der Waals surface area contributed by atoms with Crippen molar-refractivity contribution >= 4 is 0 Å². The molecule has 3 N–H and O–H groups in total. The number of nitrogens with one attached hydrogen (secondary N) is 1. The maximum Gasteiger partial charge on any atom is 0.0237 e. The third-order valence-corrected chi connectivity index (χ3v) is 2.66. The van der Waals surface area contributed by atoms with Crippen LogP contribution in [0, 0.1) is 0 Å². The maximum atomic E-state index is 5.38. The normalized spacial score (nSPS) is 34.1. The van der Waals surface area contributed by atoms with E-state index in [0.717, 1.165) is 0 Å². The van der Waals surface area contributed by atoms with E-state index < -0.39 is 0 Å². The molecule has 2 unspecified atom stereocenters. The Morgan fingerprint density at radius 2 is 2.36 bits per heavy atom. The number of nitrogens with zero attached hydrogens (tertiary/aromatic N) is 1. The SMILES string of the molecule is CCN1CCC(NN)CC1C. The summed E-state index contributed by atoms with van der Waals surface area (Å²) in [5.41, 5.74) is 2.85. The fraction of sp³-hybridized carbons (Fsp3) is 1.00. The van der Waals surface area contributed by atoms with Crippen LogP contribution in [0.4, 0.5) is 0 Å². The van der Waals surface area contributed by atoms with Crippen molar-refractivity contribution in [1.82, 2.24) is 10.3 Å². The first kappa shape index (κ1) is 8.97. The second kappa shape index (κ2) is 4.04. The van der Waals surface area contributed by atoms with Gasteiger partial charge in [-0.05, 0) is 32.9 Å². The van der Waals surface area contributed by atoms with Gasteiger partial charge in [0.1, 0.15) is 0 Å². The van der Waals surface area contributed by atoms with Gasteiger partial charge in [0.15, 0.2) is 0 Å². The van der Waals surface area contributed by atoms with E-state index in [2.05, 4.69) is 24.2 Å². The van der Waals surface area contributed by atoms with Gasteiger partial charge in [0.25, 0.3) is 0 Å². The number of rotatable bonds is 2. The van der Waals surface area contributed by atoms with Crippen molar-refractivity contribution in [3.8, 4) is 0 Å². The molecule has 0 amide bonds. The van der Waals surface area contributed by atoms with E-state index in [1.54, 1.807) is 0 Å². The number of hydrogen-bond acceptors (Lipinski definition) is 3. The molecule has 66 valence electrons. The van der Waals surface area contributed by atoms with Gasteiger partial charge in [0.05, 0.1) is 0 Å². The zero-order valence-corrected chi connectivity index (χ0v) is 7.51. The van der Waals surface area contributed by atoms with Crippen LogP contribution >= 0.6 is 0 Å². The molecule has 2 atom stereocenters. The highest BCUT2D eigenvalue weighted by Crippen LogP contribution is 2.15. The van der Waals surface area contributed by atoms with Gasteiger partial charge in [-0.25, -0.2) is 0 Å². The average molecular weight is 157 g/mol. The van der Waals surface area contributed by atoms with Crippen molar-refractivity contribution in [2.45, 2.75) is 38.8 Å². The van der Waals surface area contributed by atoms with Gasteiger partial charge >= 0.3 is 0 Å². The van der Waals surface area contributed by atoms with Crippen molar-refractivity contribution in [3.63, 3.8) is 0 Å². The van der Waals surface area contributed by atoms with Gasteiger partial charge in [0.2, 0.25) is 0 Å². The fourth-order valence-electron chi connectivity index (χ4n) is 1.84. The van der Waals surface area contributed by atoms with Crippen LogP contribution in [0.1, 0.15) is 26.7 Å². The molecule has 1 heterocycles. The first-order chi connectivity index (χ1) is 5.27. The molecule has 3 heteroatoms.